The number of nitrogens with zero attached hydrogens (tertiary/aromatic N) is 2. The van der Waals surface area contributed by atoms with E-state index < -0.39 is 0 Å². The number of ketones is 1. The molecule has 1 saturated heterocycles. The van der Waals surface area contributed by atoms with Gasteiger partial charge in [-0.25, -0.2) is 4.98 Å². The van der Waals surface area contributed by atoms with E-state index in [1.807, 2.05) is 6.92 Å². The van der Waals surface area contributed by atoms with Gasteiger partial charge in [-0.1, -0.05) is 6.92 Å². The van der Waals surface area contributed by atoms with Crippen LogP contribution in [0.25, 0.3) is 0 Å². The number of fused-ring (bicyclic) bond motifs is 1. The molecular weight excluding hydrogens is 264 g/mol. The van der Waals surface area contributed by atoms with Crippen LogP contribution in [0.1, 0.15) is 53.4 Å². The van der Waals surface area contributed by atoms with Crippen molar-refractivity contribution in [1.29, 1.82) is 0 Å². The fraction of sp³-hybridized carbons (Fsp3) is 0.647. The second kappa shape index (κ2) is 6.14. The highest BCUT2D eigenvalue weighted by atomic mass is 16.5. The van der Waals surface area contributed by atoms with Gasteiger partial charge >= 0.3 is 0 Å². The van der Waals surface area contributed by atoms with Crippen LogP contribution in [0.4, 0.5) is 5.82 Å². The van der Waals surface area contributed by atoms with Crippen LogP contribution in [0.15, 0.2) is 0 Å². The fourth-order valence-electron chi connectivity index (χ4n) is 3.47. The summed E-state index contributed by atoms with van der Waals surface area (Å²) in [6.45, 7) is 7.13. The van der Waals surface area contributed by atoms with Crippen LogP contribution >= 0.6 is 0 Å². The van der Waals surface area contributed by atoms with E-state index in [-0.39, 0.29) is 5.78 Å². The normalized spacial score (nSPS) is 18.5. The summed E-state index contributed by atoms with van der Waals surface area (Å²) in [4.78, 5) is 19.6. The first-order valence-electron chi connectivity index (χ1n) is 8.10. The van der Waals surface area contributed by atoms with Crippen molar-refractivity contribution in [1.82, 2.24) is 4.98 Å². The van der Waals surface area contributed by atoms with Crippen molar-refractivity contribution in [2.45, 2.75) is 46.0 Å². The molecule has 1 aliphatic heterocycles. The minimum atomic E-state index is 0.238. The van der Waals surface area contributed by atoms with Crippen molar-refractivity contribution in [2.75, 3.05) is 31.2 Å². The number of carbonyl (C=O) groups is 1. The van der Waals surface area contributed by atoms with E-state index in [1.165, 1.54) is 24.0 Å². The van der Waals surface area contributed by atoms with Crippen LogP contribution in [-0.4, -0.2) is 37.1 Å². The molecular formula is C17H24N2O2. The molecule has 0 N–H and O–H groups in total. The summed E-state index contributed by atoms with van der Waals surface area (Å²) < 4.78 is 5.44. The van der Waals surface area contributed by atoms with Crippen LogP contribution in [0.3, 0.4) is 0 Å². The molecule has 0 bridgehead atoms. The number of hydrogen-bond acceptors (Lipinski definition) is 4. The summed E-state index contributed by atoms with van der Waals surface area (Å²) in [6, 6.07) is 0. The molecule has 2 heterocycles. The summed E-state index contributed by atoms with van der Waals surface area (Å²) in [5.41, 5.74) is 4.62. The van der Waals surface area contributed by atoms with E-state index in [0.29, 0.717) is 6.42 Å². The summed E-state index contributed by atoms with van der Waals surface area (Å²) in [7, 11) is 0. The SMILES string of the molecule is CCC(=O)c1c(N2CCOCC2)nc(C)c2c1CCCC2. The van der Waals surface area contributed by atoms with Gasteiger partial charge in [0.15, 0.2) is 5.78 Å². The zero-order valence-corrected chi connectivity index (χ0v) is 13.1. The van der Waals surface area contributed by atoms with Gasteiger partial charge < -0.3 is 9.64 Å². The van der Waals surface area contributed by atoms with Gasteiger partial charge in [-0.3, -0.25) is 4.79 Å². The molecule has 0 unspecified atom stereocenters. The Kier molecular flexibility index (Phi) is 4.24. The molecule has 0 aromatic carbocycles. The molecule has 4 heteroatoms. The molecule has 0 radical (unpaired) electrons. The molecule has 2 aliphatic rings. The van der Waals surface area contributed by atoms with Gasteiger partial charge in [-0.15, -0.1) is 0 Å². The predicted octanol–water partition coefficient (Wildman–Crippen LogP) is 2.70. The number of pyridine rings is 1. The summed E-state index contributed by atoms with van der Waals surface area (Å²) >= 11 is 0. The maximum absolute atomic E-state index is 12.6. The first kappa shape index (κ1) is 14.5. The predicted molar refractivity (Wildman–Crippen MR) is 83.3 cm³/mol. The first-order chi connectivity index (χ1) is 10.2. The van der Waals surface area contributed by atoms with E-state index in [0.717, 1.165) is 56.2 Å². The third-order valence-electron chi connectivity index (χ3n) is 4.61. The molecule has 1 aromatic rings. The lowest BCUT2D eigenvalue weighted by Crippen LogP contribution is -2.38. The van der Waals surface area contributed by atoms with Gasteiger partial charge in [0.05, 0.1) is 18.8 Å². The lowest BCUT2D eigenvalue weighted by atomic mass is 9.86. The Morgan fingerprint density at radius 3 is 2.52 bits per heavy atom. The van der Waals surface area contributed by atoms with Gasteiger partial charge in [-0.05, 0) is 43.7 Å². The molecule has 114 valence electrons. The third-order valence-corrected chi connectivity index (χ3v) is 4.61. The number of Topliss-reactive ketones (excluding diaryl/α,β-unsaturated/α-hetero) is 1. The first-order valence-corrected chi connectivity index (χ1v) is 8.10. The van der Waals surface area contributed by atoms with Gasteiger partial charge in [0.1, 0.15) is 5.82 Å². The number of ether oxygens (including phenoxy) is 1. The maximum atomic E-state index is 12.6. The zero-order valence-electron chi connectivity index (χ0n) is 13.1. The number of carbonyl (C=O) groups excluding carboxylic acids is 1. The summed E-state index contributed by atoms with van der Waals surface area (Å²) in [5, 5.41) is 0. The van der Waals surface area contributed by atoms with E-state index in [2.05, 4.69) is 11.8 Å². The molecule has 0 atom stereocenters. The lowest BCUT2D eigenvalue weighted by Gasteiger charge is -2.32. The standard InChI is InChI=1S/C17H24N2O2/c1-3-15(20)16-14-7-5-4-6-13(14)12(2)18-17(16)19-8-10-21-11-9-19/h3-11H2,1-2H3. The molecule has 0 spiro atoms. The highest BCUT2D eigenvalue weighted by Gasteiger charge is 2.27. The Morgan fingerprint density at radius 2 is 1.86 bits per heavy atom. The zero-order chi connectivity index (χ0) is 14.8. The van der Waals surface area contributed by atoms with Gasteiger partial charge in [-0.2, -0.15) is 0 Å². The van der Waals surface area contributed by atoms with E-state index in [4.69, 9.17) is 9.72 Å². The van der Waals surface area contributed by atoms with Crippen molar-refractivity contribution < 1.29 is 9.53 Å². The number of rotatable bonds is 3. The molecule has 21 heavy (non-hydrogen) atoms. The number of aryl methyl sites for hydroxylation is 1. The van der Waals surface area contributed by atoms with Crippen LogP contribution in [0.5, 0.6) is 0 Å². The quantitative estimate of drug-likeness (QED) is 0.802. The van der Waals surface area contributed by atoms with Gasteiger partial charge in [0.2, 0.25) is 0 Å². The average molecular weight is 288 g/mol. The van der Waals surface area contributed by atoms with E-state index >= 15 is 0 Å². The Morgan fingerprint density at radius 1 is 1.19 bits per heavy atom. The highest BCUT2D eigenvalue weighted by Crippen LogP contribution is 2.33. The minimum Gasteiger partial charge on any atom is -0.378 e. The van der Waals surface area contributed by atoms with Crippen LogP contribution < -0.4 is 4.90 Å². The summed E-state index contributed by atoms with van der Waals surface area (Å²) in [6.07, 6.45) is 5.04. The molecule has 1 aliphatic carbocycles. The maximum Gasteiger partial charge on any atom is 0.166 e. The number of hydrogen-bond donors (Lipinski definition) is 0. The molecule has 3 rings (SSSR count). The van der Waals surface area contributed by atoms with Crippen molar-refractivity contribution >= 4 is 11.6 Å². The number of aromatic nitrogens is 1. The van der Waals surface area contributed by atoms with Crippen LogP contribution in [-0.2, 0) is 17.6 Å². The Balaban J connectivity index is 2.13. The Labute approximate surface area is 126 Å². The van der Waals surface area contributed by atoms with Gasteiger partial charge in [0, 0.05) is 25.2 Å². The number of morpholine rings is 1. The summed E-state index contributed by atoms with van der Waals surface area (Å²) in [5.74, 6) is 1.14. The molecule has 4 nitrogen and oxygen atoms in total. The van der Waals surface area contributed by atoms with Crippen molar-refractivity contribution in [3.05, 3.63) is 22.4 Å². The van der Waals surface area contributed by atoms with Crippen molar-refractivity contribution in [3.8, 4) is 0 Å². The Bertz CT molecular complexity index is 548. The van der Waals surface area contributed by atoms with E-state index in [1.54, 1.807) is 0 Å². The second-order valence-corrected chi connectivity index (χ2v) is 5.94. The number of anilines is 1. The third kappa shape index (κ3) is 2.69. The molecule has 1 fully saturated rings. The smallest absolute Gasteiger partial charge is 0.166 e. The fourth-order valence-corrected chi connectivity index (χ4v) is 3.47. The van der Waals surface area contributed by atoms with Crippen molar-refractivity contribution in [3.63, 3.8) is 0 Å². The molecule has 1 aromatic heterocycles. The van der Waals surface area contributed by atoms with E-state index in [9.17, 15) is 4.79 Å². The average Bonchev–Trinajstić information content (AvgIpc) is 2.55. The monoisotopic (exact) mass is 288 g/mol. The largest absolute Gasteiger partial charge is 0.378 e. The highest BCUT2D eigenvalue weighted by molar-refractivity contribution is 6.02. The minimum absolute atomic E-state index is 0.238. The topological polar surface area (TPSA) is 42.4 Å². The Hall–Kier alpha value is -1.42. The van der Waals surface area contributed by atoms with Crippen molar-refractivity contribution in [2.24, 2.45) is 0 Å². The van der Waals surface area contributed by atoms with Gasteiger partial charge in [0.25, 0.3) is 0 Å². The molecule has 0 saturated carbocycles. The van der Waals surface area contributed by atoms with Crippen LogP contribution in [0, 0.1) is 6.92 Å². The second-order valence-electron chi connectivity index (χ2n) is 5.94. The molecule has 0 amide bonds. The lowest BCUT2D eigenvalue weighted by molar-refractivity contribution is 0.0984. The van der Waals surface area contributed by atoms with Crippen LogP contribution in [0.2, 0.25) is 0 Å².